The van der Waals surface area contributed by atoms with Gasteiger partial charge in [-0.15, -0.1) is 0 Å². The third kappa shape index (κ3) is 2.84. The number of nitrogens with zero attached hydrogens (tertiary/aromatic N) is 4. The summed E-state index contributed by atoms with van der Waals surface area (Å²) in [5.41, 5.74) is 2.29. The Morgan fingerprint density at radius 3 is 2.39 bits per heavy atom. The van der Waals surface area contributed by atoms with E-state index in [1.165, 1.54) is 5.56 Å². The number of benzene rings is 1. The van der Waals surface area contributed by atoms with Gasteiger partial charge < -0.3 is 9.47 Å². The van der Waals surface area contributed by atoms with Crippen LogP contribution >= 0.6 is 0 Å². The molecule has 0 aliphatic carbocycles. The van der Waals surface area contributed by atoms with Gasteiger partial charge in [-0.1, -0.05) is 30.3 Å². The molecule has 116 valence electrons. The first-order valence-electron chi connectivity index (χ1n) is 8.14. The molecule has 2 aromatic heterocycles. The first-order valence-corrected chi connectivity index (χ1v) is 8.14. The second kappa shape index (κ2) is 6.24. The second-order valence-electron chi connectivity index (χ2n) is 5.97. The Hall–Kier alpha value is -2.62. The monoisotopic (exact) mass is 304 g/mol. The Morgan fingerprint density at radius 1 is 0.913 bits per heavy atom. The van der Waals surface area contributed by atoms with Crippen LogP contribution in [-0.4, -0.2) is 27.6 Å². The summed E-state index contributed by atoms with van der Waals surface area (Å²) in [5, 5.41) is 0. The highest BCUT2D eigenvalue weighted by Crippen LogP contribution is 2.31. The lowest BCUT2D eigenvalue weighted by atomic mass is 10.0. The van der Waals surface area contributed by atoms with Gasteiger partial charge in [0.15, 0.2) is 0 Å². The van der Waals surface area contributed by atoms with Crippen molar-refractivity contribution in [2.24, 2.45) is 0 Å². The van der Waals surface area contributed by atoms with Gasteiger partial charge >= 0.3 is 0 Å². The quantitative estimate of drug-likeness (QED) is 0.738. The SMILES string of the molecule is c1ccc(-c2cncnc2N2CCC(n3cccc3)CC2)cc1. The molecule has 0 atom stereocenters. The van der Waals surface area contributed by atoms with Crippen LogP contribution in [0, 0.1) is 0 Å². The molecule has 4 rings (SSSR count). The van der Waals surface area contributed by atoms with Gasteiger partial charge in [-0.2, -0.15) is 0 Å². The second-order valence-corrected chi connectivity index (χ2v) is 5.97. The van der Waals surface area contributed by atoms with E-state index in [0.717, 1.165) is 37.3 Å². The molecule has 1 aliphatic rings. The smallest absolute Gasteiger partial charge is 0.139 e. The van der Waals surface area contributed by atoms with Crippen molar-refractivity contribution in [1.82, 2.24) is 14.5 Å². The van der Waals surface area contributed by atoms with Gasteiger partial charge in [-0.05, 0) is 30.5 Å². The summed E-state index contributed by atoms with van der Waals surface area (Å²) in [7, 11) is 0. The molecule has 3 aromatic rings. The van der Waals surface area contributed by atoms with Crippen molar-refractivity contribution in [3.05, 3.63) is 67.4 Å². The minimum Gasteiger partial charge on any atom is -0.356 e. The lowest BCUT2D eigenvalue weighted by molar-refractivity contribution is 0.396. The Bertz CT molecular complexity index is 744. The van der Waals surface area contributed by atoms with E-state index in [1.807, 2.05) is 12.3 Å². The molecule has 1 aromatic carbocycles. The van der Waals surface area contributed by atoms with E-state index in [0.29, 0.717) is 6.04 Å². The molecule has 0 radical (unpaired) electrons. The minimum absolute atomic E-state index is 0.600. The fourth-order valence-electron chi connectivity index (χ4n) is 3.36. The molecule has 0 N–H and O–H groups in total. The number of aromatic nitrogens is 3. The van der Waals surface area contributed by atoms with Crippen LogP contribution < -0.4 is 4.90 Å². The average molecular weight is 304 g/mol. The number of hydrogen-bond acceptors (Lipinski definition) is 3. The zero-order valence-electron chi connectivity index (χ0n) is 13.0. The van der Waals surface area contributed by atoms with Crippen LogP contribution in [0.25, 0.3) is 11.1 Å². The third-order valence-electron chi connectivity index (χ3n) is 4.59. The van der Waals surface area contributed by atoms with Crippen LogP contribution in [0.15, 0.2) is 67.4 Å². The van der Waals surface area contributed by atoms with Gasteiger partial charge in [0.1, 0.15) is 12.1 Å². The van der Waals surface area contributed by atoms with E-state index < -0.39 is 0 Å². The summed E-state index contributed by atoms with van der Waals surface area (Å²) >= 11 is 0. The summed E-state index contributed by atoms with van der Waals surface area (Å²) in [4.78, 5) is 11.2. The third-order valence-corrected chi connectivity index (χ3v) is 4.59. The van der Waals surface area contributed by atoms with Crippen molar-refractivity contribution in [1.29, 1.82) is 0 Å². The fourth-order valence-corrected chi connectivity index (χ4v) is 3.36. The van der Waals surface area contributed by atoms with Crippen molar-refractivity contribution >= 4 is 5.82 Å². The molecule has 0 saturated carbocycles. The van der Waals surface area contributed by atoms with E-state index in [1.54, 1.807) is 6.33 Å². The highest BCUT2D eigenvalue weighted by Gasteiger charge is 2.22. The highest BCUT2D eigenvalue weighted by molar-refractivity contribution is 5.74. The van der Waals surface area contributed by atoms with Crippen LogP contribution in [0.1, 0.15) is 18.9 Å². The van der Waals surface area contributed by atoms with Crippen LogP contribution in [0.4, 0.5) is 5.82 Å². The molecule has 4 nitrogen and oxygen atoms in total. The predicted octanol–water partition coefficient (Wildman–Crippen LogP) is 3.79. The van der Waals surface area contributed by atoms with E-state index in [9.17, 15) is 0 Å². The molecule has 3 heterocycles. The van der Waals surface area contributed by atoms with Crippen molar-refractivity contribution in [3.63, 3.8) is 0 Å². The maximum Gasteiger partial charge on any atom is 0.139 e. The van der Waals surface area contributed by atoms with E-state index in [4.69, 9.17) is 0 Å². The number of hydrogen-bond donors (Lipinski definition) is 0. The molecule has 0 amide bonds. The maximum absolute atomic E-state index is 4.57. The predicted molar refractivity (Wildman–Crippen MR) is 92.4 cm³/mol. The molecule has 0 unspecified atom stereocenters. The Morgan fingerprint density at radius 2 is 1.65 bits per heavy atom. The van der Waals surface area contributed by atoms with E-state index in [-0.39, 0.29) is 0 Å². The van der Waals surface area contributed by atoms with Crippen molar-refractivity contribution < 1.29 is 0 Å². The molecule has 1 aliphatic heterocycles. The normalized spacial score (nSPS) is 15.7. The van der Waals surface area contributed by atoms with E-state index >= 15 is 0 Å². The molecule has 4 heteroatoms. The van der Waals surface area contributed by atoms with Gasteiger partial charge in [0.2, 0.25) is 0 Å². The van der Waals surface area contributed by atoms with Gasteiger partial charge in [0.25, 0.3) is 0 Å². The lowest BCUT2D eigenvalue weighted by Crippen LogP contribution is -2.35. The van der Waals surface area contributed by atoms with E-state index in [2.05, 4.69) is 68.2 Å². The molecule has 1 saturated heterocycles. The first-order chi connectivity index (χ1) is 11.4. The van der Waals surface area contributed by atoms with Gasteiger partial charge in [0.05, 0.1) is 0 Å². The summed E-state index contributed by atoms with van der Waals surface area (Å²) in [6.07, 6.45) is 10.2. The summed E-state index contributed by atoms with van der Waals surface area (Å²) in [6.45, 7) is 2.05. The topological polar surface area (TPSA) is 34.0 Å². The maximum atomic E-state index is 4.57. The molecule has 23 heavy (non-hydrogen) atoms. The van der Waals surface area contributed by atoms with Crippen LogP contribution in [0.3, 0.4) is 0 Å². The summed E-state index contributed by atoms with van der Waals surface area (Å²) in [6, 6.07) is 15.2. The van der Waals surface area contributed by atoms with Crippen LogP contribution in [0.5, 0.6) is 0 Å². The van der Waals surface area contributed by atoms with Crippen molar-refractivity contribution in [3.8, 4) is 11.1 Å². The van der Waals surface area contributed by atoms with Gasteiger partial charge in [-0.25, -0.2) is 9.97 Å². The average Bonchev–Trinajstić information content (AvgIpc) is 3.17. The van der Waals surface area contributed by atoms with Crippen LogP contribution in [-0.2, 0) is 0 Å². The minimum atomic E-state index is 0.600. The Labute approximate surface area is 136 Å². The zero-order chi connectivity index (χ0) is 15.5. The number of piperidine rings is 1. The molecule has 0 bridgehead atoms. The Kier molecular flexibility index (Phi) is 3.80. The number of anilines is 1. The van der Waals surface area contributed by atoms with Crippen LogP contribution in [0.2, 0.25) is 0 Å². The summed E-state index contributed by atoms with van der Waals surface area (Å²) < 4.78 is 2.33. The van der Waals surface area contributed by atoms with Crippen molar-refractivity contribution in [2.45, 2.75) is 18.9 Å². The van der Waals surface area contributed by atoms with Gasteiger partial charge in [-0.3, -0.25) is 0 Å². The molecular weight excluding hydrogens is 284 g/mol. The number of rotatable bonds is 3. The molecule has 0 spiro atoms. The highest BCUT2D eigenvalue weighted by atomic mass is 15.2. The molecule has 1 fully saturated rings. The molecular formula is C19H20N4. The zero-order valence-corrected chi connectivity index (χ0v) is 13.0. The lowest BCUT2D eigenvalue weighted by Gasteiger charge is -2.34. The Balaban J connectivity index is 1.56. The largest absolute Gasteiger partial charge is 0.356 e. The van der Waals surface area contributed by atoms with Crippen molar-refractivity contribution in [2.75, 3.05) is 18.0 Å². The van der Waals surface area contributed by atoms with Gasteiger partial charge in [0, 0.05) is 43.3 Å². The standard InChI is InChI=1S/C19H20N4/c1-2-6-16(7-3-1)18-14-20-15-21-19(18)23-12-8-17(9-13-23)22-10-4-5-11-22/h1-7,10-11,14-15,17H,8-9,12-13H2. The fraction of sp³-hybridized carbons (Fsp3) is 0.263. The first kappa shape index (κ1) is 14.0. The summed E-state index contributed by atoms with van der Waals surface area (Å²) in [5.74, 6) is 1.05.